The van der Waals surface area contributed by atoms with Gasteiger partial charge in [-0.1, -0.05) is 34.6 Å². The molecule has 4 atom stereocenters. The Morgan fingerprint density at radius 2 is 1.71 bits per heavy atom. The number of fused-ring (bicyclic) bond motifs is 1. The van der Waals surface area contributed by atoms with E-state index < -0.39 is 12.1 Å². The van der Waals surface area contributed by atoms with E-state index >= 15 is 0 Å². The summed E-state index contributed by atoms with van der Waals surface area (Å²) in [6.45, 7) is 16.1. The second-order valence-electron chi connectivity index (χ2n) is 11.4. The molecule has 0 radical (unpaired) electrons. The quantitative estimate of drug-likeness (QED) is 0.315. The molecule has 192 valence electrons. The molecule has 8 nitrogen and oxygen atoms in total. The van der Waals surface area contributed by atoms with Crippen LogP contribution in [-0.2, 0) is 23.9 Å². The van der Waals surface area contributed by atoms with Gasteiger partial charge in [-0.2, -0.15) is 0 Å². The van der Waals surface area contributed by atoms with Crippen molar-refractivity contribution < 1.29 is 23.9 Å². The second kappa shape index (κ2) is 10.6. The van der Waals surface area contributed by atoms with E-state index in [1.54, 1.807) is 9.80 Å². The van der Waals surface area contributed by atoms with Crippen molar-refractivity contribution in [2.75, 3.05) is 26.2 Å². The Labute approximate surface area is 206 Å². The third-order valence-electron chi connectivity index (χ3n) is 8.08. The Morgan fingerprint density at radius 1 is 1.12 bits per heavy atom. The maximum atomic E-state index is 13.6. The minimum atomic E-state index is -0.893. The molecule has 3 fully saturated rings. The number of nitrogens with zero attached hydrogens (tertiary/aromatic N) is 3. The van der Waals surface area contributed by atoms with Crippen LogP contribution in [0.5, 0.6) is 0 Å². The SMILES string of the molecule is BC1N(CC)C(=O)C(C2OC3CC(C(C)(C)C)CCC3N2CCOC(=O)C(C)C)C(=O)N1CC. The molecule has 2 saturated heterocycles. The molecule has 1 aliphatic carbocycles. The Balaban J connectivity index is 1.88. The summed E-state index contributed by atoms with van der Waals surface area (Å²) < 4.78 is 12.1. The van der Waals surface area contributed by atoms with Crippen LogP contribution in [0.1, 0.15) is 67.7 Å². The minimum absolute atomic E-state index is 0.0334. The number of carbonyl (C=O) groups excluding carboxylic acids is 3. The fraction of sp³-hybridized carbons (Fsp3) is 0.880. The normalized spacial score (nSPS) is 32.9. The number of hydrogen-bond donors (Lipinski definition) is 0. The molecule has 0 aromatic heterocycles. The molecule has 34 heavy (non-hydrogen) atoms. The van der Waals surface area contributed by atoms with Gasteiger partial charge >= 0.3 is 5.97 Å². The van der Waals surface area contributed by atoms with Crippen LogP contribution >= 0.6 is 0 Å². The molecule has 2 amide bonds. The maximum absolute atomic E-state index is 13.6. The number of esters is 1. The first-order valence-corrected chi connectivity index (χ1v) is 13.1. The molecule has 0 aromatic carbocycles. The number of rotatable bonds is 7. The summed E-state index contributed by atoms with van der Waals surface area (Å²) in [6.07, 6.45) is 2.26. The van der Waals surface area contributed by atoms with E-state index in [2.05, 4.69) is 25.7 Å². The van der Waals surface area contributed by atoms with E-state index in [0.717, 1.165) is 19.3 Å². The number of ether oxygens (including phenoxy) is 2. The van der Waals surface area contributed by atoms with Crippen LogP contribution < -0.4 is 0 Å². The van der Waals surface area contributed by atoms with Crippen LogP contribution in [0.4, 0.5) is 0 Å². The van der Waals surface area contributed by atoms with E-state index in [1.165, 1.54) is 0 Å². The third kappa shape index (κ3) is 5.15. The lowest BCUT2D eigenvalue weighted by Gasteiger charge is -2.46. The molecule has 0 N–H and O–H groups in total. The molecule has 0 bridgehead atoms. The average Bonchev–Trinajstić information content (AvgIpc) is 3.11. The third-order valence-corrected chi connectivity index (χ3v) is 8.08. The molecule has 9 heteroatoms. The highest BCUT2D eigenvalue weighted by Crippen LogP contribution is 2.45. The molecule has 2 heterocycles. The largest absolute Gasteiger partial charge is 0.464 e. The topological polar surface area (TPSA) is 79.4 Å². The highest BCUT2D eigenvalue weighted by molar-refractivity contribution is 6.17. The number of carbonyl (C=O) groups is 3. The van der Waals surface area contributed by atoms with E-state index in [0.29, 0.717) is 25.6 Å². The van der Waals surface area contributed by atoms with Gasteiger partial charge in [0, 0.05) is 25.7 Å². The van der Waals surface area contributed by atoms with Gasteiger partial charge in [0.25, 0.3) is 0 Å². The van der Waals surface area contributed by atoms with Gasteiger partial charge in [-0.3, -0.25) is 19.3 Å². The second-order valence-corrected chi connectivity index (χ2v) is 11.4. The summed E-state index contributed by atoms with van der Waals surface area (Å²) in [5.41, 5.74) is 0.175. The summed E-state index contributed by atoms with van der Waals surface area (Å²) in [5.74, 6) is -1.13. The molecule has 2 aliphatic heterocycles. The standard InChI is InChI=1S/C25H44BN3O5/c1-8-27-20(30)19(21(31)28(9-2)24(27)26)22-29(12-13-33-23(32)15(3)4)17-11-10-16(25(5,6)7)14-18(17)34-22/h15-19,22,24H,8-14,26H2,1-7H3. The van der Waals surface area contributed by atoms with Gasteiger partial charge in [0.1, 0.15) is 12.8 Å². The van der Waals surface area contributed by atoms with Crippen LogP contribution in [0.25, 0.3) is 0 Å². The molecule has 0 spiro atoms. The summed E-state index contributed by atoms with van der Waals surface area (Å²) in [4.78, 5) is 44.9. The fourth-order valence-electron chi connectivity index (χ4n) is 5.94. The molecular formula is C25H44BN3O5. The van der Waals surface area contributed by atoms with Gasteiger partial charge in [0.2, 0.25) is 11.8 Å². The summed E-state index contributed by atoms with van der Waals surface area (Å²) >= 11 is 0. The lowest BCUT2D eigenvalue weighted by atomic mass is 9.70. The van der Waals surface area contributed by atoms with Crippen LogP contribution in [0, 0.1) is 23.2 Å². The van der Waals surface area contributed by atoms with Gasteiger partial charge in [0.15, 0.2) is 13.8 Å². The van der Waals surface area contributed by atoms with E-state index in [-0.39, 0.29) is 53.9 Å². The zero-order valence-corrected chi connectivity index (χ0v) is 22.4. The van der Waals surface area contributed by atoms with Crippen molar-refractivity contribution in [3.63, 3.8) is 0 Å². The Kier molecular flexibility index (Phi) is 8.39. The summed E-state index contributed by atoms with van der Waals surface area (Å²) in [7, 11) is 1.91. The minimum Gasteiger partial charge on any atom is -0.464 e. The highest BCUT2D eigenvalue weighted by Gasteiger charge is 2.56. The predicted molar refractivity (Wildman–Crippen MR) is 132 cm³/mol. The van der Waals surface area contributed by atoms with Gasteiger partial charge < -0.3 is 19.3 Å². The van der Waals surface area contributed by atoms with Crippen molar-refractivity contribution >= 4 is 25.6 Å². The van der Waals surface area contributed by atoms with Crippen LogP contribution in [0.3, 0.4) is 0 Å². The van der Waals surface area contributed by atoms with Gasteiger partial charge in [-0.05, 0) is 44.4 Å². The first-order valence-electron chi connectivity index (χ1n) is 13.1. The molecule has 3 rings (SSSR count). The number of hydrogen-bond acceptors (Lipinski definition) is 6. The fourth-order valence-corrected chi connectivity index (χ4v) is 5.94. The van der Waals surface area contributed by atoms with Crippen molar-refractivity contribution in [3.8, 4) is 0 Å². The summed E-state index contributed by atoms with van der Waals surface area (Å²) in [6, 6.07) is -0.146. The monoisotopic (exact) mass is 477 g/mol. The molecule has 3 aliphatic rings. The molecular weight excluding hydrogens is 433 g/mol. The predicted octanol–water partition coefficient (Wildman–Crippen LogP) is 1.67. The van der Waals surface area contributed by atoms with Crippen LogP contribution in [-0.4, -0.2) is 91.0 Å². The van der Waals surface area contributed by atoms with E-state index in [4.69, 9.17) is 9.47 Å². The zero-order chi connectivity index (χ0) is 25.4. The van der Waals surface area contributed by atoms with Crippen LogP contribution in [0.15, 0.2) is 0 Å². The Hall–Kier alpha value is -1.61. The van der Waals surface area contributed by atoms with E-state index in [9.17, 15) is 14.4 Å². The van der Waals surface area contributed by atoms with Crippen molar-refractivity contribution in [3.05, 3.63) is 0 Å². The average molecular weight is 477 g/mol. The van der Waals surface area contributed by atoms with Gasteiger partial charge in [-0.15, -0.1) is 0 Å². The molecule has 0 aromatic rings. The summed E-state index contributed by atoms with van der Waals surface area (Å²) in [5, 5.41) is 0. The van der Waals surface area contributed by atoms with Crippen molar-refractivity contribution in [2.24, 2.45) is 23.2 Å². The van der Waals surface area contributed by atoms with Crippen molar-refractivity contribution in [2.45, 2.75) is 92.2 Å². The maximum Gasteiger partial charge on any atom is 0.308 e. The van der Waals surface area contributed by atoms with Gasteiger partial charge in [-0.25, -0.2) is 0 Å². The first-order chi connectivity index (χ1) is 15.9. The van der Waals surface area contributed by atoms with Crippen molar-refractivity contribution in [1.82, 2.24) is 14.7 Å². The molecule has 1 saturated carbocycles. The highest BCUT2D eigenvalue weighted by atomic mass is 16.5. The molecule has 4 unspecified atom stereocenters. The lowest BCUT2D eigenvalue weighted by molar-refractivity contribution is -0.173. The van der Waals surface area contributed by atoms with Crippen molar-refractivity contribution in [1.29, 1.82) is 0 Å². The van der Waals surface area contributed by atoms with Crippen LogP contribution in [0.2, 0.25) is 0 Å². The smallest absolute Gasteiger partial charge is 0.308 e. The zero-order valence-electron chi connectivity index (χ0n) is 22.4. The Morgan fingerprint density at radius 3 is 2.21 bits per heavy atom. The van der Waals surface area contributed by atoms with E-state index in [1.807, 2.05) is 35.5 Å². The lowest BCUT2D eigenvalue weighted by Crippen LogP contribution is -2.66. The van der Waals surface area contributed by atoms with Gasteiger partial charge in [0.05, 0.1) is 18.1 Å². The first kappa shape index (κ1) is 27.0. The Bertz CT molecular complexity index is 746. The number of amides is 2.